The normalized spacial score (nSPS) is 22.6. The number of likely N-dealkylation sites (tertiary alicyclic amines) is 1. The standard InChI is InChI=1S/C30H36N2O2/c1-21(28-11-5-7-23-6-2-3-10-29(23)28)31-26-9-4-8-25(20-26)22-12-14-24(15-13-22)30(34)32-18-16-27(33)17-19-32/h2-3,5-7,10-15,21,25-27,31,33H,4,8-9,16-20H2,1H3. The maximum absolute atomic E-state index is 12.8. The molecule has 1 heterocycles. The van der Waals surface area contributed by atoms with E-state index in [0.29, 0.717) is 43.9 Å². The van der Waals surface area contributed by atoms with Crippen molar-refractivity contribution >= 4 is 16.7 Å². The van der Waals surface area contributed by atoms with E-state index in [-0.39, 0.29) is 12.0 Å². The number of fused-ring (bicyclic) bond motifs is 1. The molecule has 2 aliphatic rings. The summed E-state index contributed by atoms with van der Waals surface area (Å²) in [5.41, 5.74) is 3.47. The van der Waals surface area contributed by atoms with Crippen molar-refractivity contribution in [3.63, 3.8) is 0 Å². The number of nitrogens with one attached hydrogen (secondary N) is 1. The van der Waals surface area contributed by atoms with Crippen LogP contribution in [0.3, 0.4) is 0 Å². The molecule has 1 saturated carbocycles. The minimum atomic E-state index is -0.261. The molecule has 3 aromatic rings. The first-order valence-corrected chi connectivity index (χ1v) is 12.9. The van der Waals surface area contributed by atoms with Crippen LogP contribution in [0.25, 0.3) is 10.8 Å². The average molecular weight is 457 g/mol. The molecule has 178 valence electrons. The van der Waals surface area contributed by atoms with Crippen molar-refractivity contribution in [3.8, 4) is 0 Å². The van der Waals surface area contributed by atoms with Crippen LogP contribution >= 0.6 is 0 Å². The number of hydrogen-bond acceptors (Lipinski definition) is 3. The lowest BCUT2D eigenvalue weighted by atomic mass is 9.80. The van der Waals surface area contributed by atoms with Gasteiger partial charge in [0.05, 0.1) is 6.10 Å². The molecule has 4 nitrogen and oxygen atoms in total. The highest BCUT2D eigenvalue weighted by Gasteiger charge is 2.26. The van der Waals surface area contributed by atoms with Crippen LogP contribution in [-0.2, 0) is 0 Å². The van der Waals surface area contributed by atoms with E-state index in [0.717, 1.165) is 12.0 Å². The van der Waals surface area contributed by atoms with Crippen molar-refractivity contribution in [1.82, 2.24) is 10.2 Å². The van der Waals surface area contributed by atoms with Gasteiger partial charge in [-0.1, -0.05) is 61.0 Å². The van der Waals surface area contributed by atoms with E-state index in [2.05, 4.69) is 66.8 Å². The Morgan fingerprint density at radius 2 is 1.68 bits per heavy atom. The number of carbonyl (C=O) groups is 1. The third-order valence-corrected chi connectivity index (χ3v) is 7.83. The molecule has 5 rings (SSSR count). The number of piperidine rings is 1. The van der Waals surface area contributed by atoms with E-state index in [4.69, 9.17) is 0 Å². The molecule has 0 bridgehead atoms. The number of rotatable bonds is 5. The van der Waals surface area contributed by atoms with Crippen LogP contribution in [0, 0.1) is 0 Å². The largest absolute Gasteiger partial charge is 0.393 e. The zero-order valence-electron chi connectivity index (χ0n) is 20.1. The van der Waals surface area contributed by atoms with Gasteiger partial charge < -0.3 is 15.3 Å². The molecule has 1 saturated heterocycles. The first-order valence-electron chi connectivity index (χ1n) is 12.9. The van der Waals surface area contributed by atoms with Gasteiger partial charge in [0.15, 0.2) is 0 Å². The Morgan fingerprint density at radius 1 is 0.941 bits per heavy atom. The number of hydrogen-bond donors (Lipinski definition) is 2. The van der Waals surface area contributed by atoms with Gasteiger partial charge in [0.1, 0.15) is 0 Å². The van der Waals surface area contributed by atoms with Gasteiger partial charge in [0.2, 0.25) is 0 Å². The highest BCUT2D eigenvalue weighted by molar-refractivity contribution is 5.94. The second-order valence-corrected chi connectivity index (χ2v) is 10.2. The summed E-state index contributed by atoms with van der Waals surface area (Å²) in [6.45, 7) is 3.57. The van der Waals surface area contributed by atoms with Crippen molar-refractivity contribution in [2.45, 2.75) is 69.6 Å². The fourth-order valence-corrected chi connectivity index (χ4v) is 5.86. The van der Waals surface area contributed by atoms with Crippen LogP contribution in [0.5, 0.6) is 0 Å². The number of carbonyl (C=O) groups excluding carboxylic acids is 1. The van der Waals surface area contributed by atoms with Gasteiger partial charge in [-0.05, 0) is 79.0 Å². The molecule has 0 radical (unpaired) electrons. The molecule has 0 spiro atoms. The summed E-state index contributed by atoms with van der Waals surface area (Å²) in [6.07, 6.45) is 5.87. The Balaban J connectivity index is 1.22. The zero-order valence-corrected chi connectivity index (χ0v) is 20.1. The number of aliphatic hydroxyl groups is 1. The van der Waals surface area contributed by atoms with Crippen molar-refractivity contribution in [3.05, 3.63) is 83.4 Å². The lowest BCUT2D eigenvalue weighted by molar-refractivity contribution is 0.0546. The Bertz CT molecular complexity index is 1110. The van der Waals surface area contributed by atoms with Crippen LogP contribution in [-0.4, -0.2) is 41.1 Å². The molecule has 1 aliphatic carbocycles. The van der Waals surface area contributed by atoms with E-state index in [9.17, 15) is 9.90 Å². The van der Waals surface area contributed by atoms with Gasteiger partial charge in [-0.2, -0.15) is 0 Å². The number of benzene rings is 3. The van der Waals surface area contributed by atoms with Crippen LogP contribution in [0.1, 0.15) is 78.9 Å². The van der Waals surface area contributed by atoms with E-state index in [1.807, 2.05) is 17.0 Å². The van der Waals surface area contributed by atoms with E-state index < -0.39 is 0 Å². The Kier molecular flexibility index (Phi) is 6.98. The molecule has 4 heteroatoms. The van der Waals surface area contributed by atoms with E-state index in [1.165, 1.54) is 41.2 Å². The average Bonchev–Trinajstić information content (AvgIpc) is 2.88. The molecular weight excluding hydrogens is 420 g/mol. The summed E-state index contributed by atoms with van der Waals surface area (Å²) in [5, 5.41) is 16.3. The molecule has 0 aromatic heterocycles. The van der Waals surface area contributed by atoms with Gasteiger partial charge in [-0.15, -0.1) is 0 Å². The molecule has 1 aliphatic heterocycles. The van der Waals surface area contributed by atoms with Crippen molar-refractivity contribution in [1.29, 1.82) is 0 Å². The van der Waals surface area contributed by atoms with Gasteiger partial charge in [-0.25, -0.2) is 0 Å². The summed E-state index contributed by atoms with van der Waals surface area (Å²) in [6, 6.07) is 24.3. The topological polar surface area (TPSA) is 52.6 Å². The molecule has 3 unspecified atom stereocenters. The Labute approximate surface area is 203 Å². The van der Waals surface area contributed by atoms with Gasteiger partial charge in [0, 0.05) is 30.7 Å². The SMILES string of the molecule is CC(NC1CCCC(c2ccc(C(=O)N3CCC(O)CC3)cc2)C1)c1cccc2ccccc12. The molecule has 2 fully saturated rings. The first kappa shape index (κ1) is 23.1. The molecule has 34 heavy (non-hydrogen) atoms. The summed E-state index contributed by atoms with van der Waals surface area (Å²) >= 11 is 0. The fraction of sp³-hybridized carbons (Fsp3) is 0.433. The summed E-state index contributed by atoms with van der Waals surface area (Å²) < 4.78 is 0. The van der Waals surface area contributed by atoms with Crippen molar-refractivity contribution < 1.29 is 9.90 Å². The van der Waals surface area contributed by atoms with Crippen molar-refractivity contribution in [2.75, 3.05) is 13.1 Å². The summed E-state index contributed by atoms with van der Waals surface area (Å²) in [5.74, 6) is 0.616. The second kappa shape index (κ2) is 10.3. The molecular formula is C30H36N2O2. The summed E-state index contributed by atoms with van der Waals surface area (Å²) in [4.78, 5) is 14.7. The predicted octanol–water partition coefficient (Wildman–Crippen LogP) is 5.81. The third-order valence-electron chi connectivity index (χ3n) is 7.83. The van der Waals surface area contributed by atoms with Crippen LogP contribution < -0.4 is 5.32 Å². The maximum atomic E-state index is 12.8. The van der Waals surface area contributed by atoms with Crippen LogP contribution in [0.2, 0.25) is 0 Å². The monoisotopic (exact) mass is 456 g/mol. The number of amides is 1. The molecule has 3 aromatic carbocycles. The smallest absolute Gasteiger partial charge is 0.253 e. The number of nitrogens with zero attached hydrogens (tertiary/aromatic N) is 1. The maximum Gasteiger partial charge on any atom is 0.253 e. The zero-order chi connectivity index (χ0) is 23.5. The minimum absolute atomic E-state index is 0.0885. The van der Waals surface area contributed by atoms with E-state index in [1.54, 1.807) is 0 Å². The fourth-order valence-electron chi connectivity index (χ4n) is 5.86. The van der Waals surface area contributed by atoms with Gasteiger partial charge in [-0.3, -0.25) is 4.79 Å². The lowest BCUT2D eigenvalue weighted by Gasteiger charge is -2.33. The molecule has 3 atom stereocenters. The predicted molar refractivity (Wildman–Crippen MR) is 138 cm³/mol. The van der Waals surface area contributed by atoms with Crippen molar-refractivity contribution in [2.24, 2.45) is 0 Å². The molecule has 2 N–H and O–H groups in total. The quantitative estimate of drug-likeness (QED) is 0.509. The lowest BCUT2D eigenvalue weighted by Crippen LogP contribution is -2.40. The Morgan fingerprint density at radius 3 is 2.47 bits per heavy atom. The number of aliphatic hydroxyl groups excluding tert-OH is 1. The van der Waals surface area contributed by atoms with Crippen LogP contribution in [0.15, 0.2) is 66.7 Å². The Hall–Kier alpha value is -2.69. The van der Waals surface area contributed by atoms with Crippen LogP contribution in [0.4, 0.5) is 0 Å². The summed E-state index contributed by atoms with van der Waals surface area (Å²) in [7, 11) is 0. The van der Waals surface area contributed by atoms with Gasteiger partial charge >= 0.3 is 0 Å². The highest BCUT2D eigenvalue weighted by atomic mass is 16.3. The minimum Gasteiger partial charge on any atom is -0.393 e. The van der Waals surface area contributed by atoms with E-state index >= 15 is 0 Å². The third kappa shape index (κ3) is 5.03. The molecule has 1 amide bonds. The first-order chi connectivity index (χ1) is 16.6. The van der Waals surface area contributed by atoms with Gasteiger partial charge in [0.25, 0.3) is 5.91 Å². The second-order valence-electron chi connectivity index (χ2n) is 10.2. The highest BCUT2D eigenvalue weighted by Crippen LogP contribution is 2.35.